The van der Waals surface area contributed by atoms with Crippen LogP contribution in [0.1, 0.15) is 30.0 Å². The molecule has 17 heavy (non-hydrogen) atoms. The maximum atomic E-state index is 13.2. The summed E-state index contributed by atoms with van der Waals surface area (Å²) in [4.78, 5) is 0. The smallest absolute Gasteiger partial charge is 0.126 e. The summed E-state index contributed by atoms with van der Waals surface area (Å²) < 4.78 is 18.6. The van der Waals surface area contributed by atoms with Gasteiger partial charge < -0.3 is 10.1 Å². The summed E-state index contributed by atoms with van der Waals surface area (Å²) in [7, 11) is 1.92. The molecule has 1 heterocycles. The maximum Gasteiger partial charge on any atom is 0.126 e. The van der Waals surface area contributed by atoms with Gasteiger partial charge in [-0.25, -0.2) is 4.39 Å². The number of nitrogens with one attached hydrogen (secondary N) is 1. The Kier molecular flexibility index (Phi) is 3.79. The maximum absolute atomic E-state index is 13.2. The molecule has 0 aromatic heterocycles. The zero-order chi connectivity index (χ0) is 12.3. The molecule has 1 aromatic carbocycles. The zero-order valence-electron chi connectivity index (χ0n) is 10.3. The van der Waals surface area contributed by atoms with Gasteiger partial charge >= 0.3 is 0 Å². The fraction of sp³-hybridized carbons (Fsp3) is 0.429. The zero-order valence-corrected chi connectivity index (χ0v) is 10.3. The minimum Gasteiger partial charge on any atom is -0.501 e. The van der Waals surface area contributed by atoms with Crippen LogP contribution in [0, 0.1) is 12.7 Å². The van der Waals surface area contributed by atoms with Crippen molar-refractivity contribution < 1.29 is 9.13 Å². The van der Waals surface area contributed by atoms with E-state index < -0.39 is 0 Å². The van der Waals surface area contributed by atoms with Crippen LogP contribution >= 0.6 is 0 Å². The van der Waals surface area contributed by atoms with Gasteiger partial charge in [-0.1, -0.05) is 12.1 Å². The van der Waals surface area contributed by atoms with Gasteiger partial charge in [0, 0.05) is 0 Å². The van der Waals surface area contributed by atoms with Gasteiger partial charge in [0.15, 0.2) is 0 Å². The van der Waals surface area contributed by atoms with Gasteiger partial charge in [0.05, 0.1) is 18.9 Å². The van der Waals surface area contributed by atoms with Crippen molar-refractivity contribution >= 4 is 0 Å². The van der Waals surface area contributed by atoms with Gasteiger partial charge in [-0.2, -0.15) is 0 Å². The number of hydrogen-bond acceptors (Lipinski definition) is 2. The van der Waals surface area contributed by atoms with Crippen LogP contribution in [0.5, 0.6) is 0 Å². The molecular weight excluding hydrogens is 217 g/mol. The average molecular weight is 235 g/mol. The molecule has 0 saturated carbocycles. The lowest BCUT2D eigenvalue weighted by Crippen LogP contribution is -2.21. The van der Waals surface area contributed by atoms with Crippen molar-refractivity contribution in [1.82, 2.24) is 5.32 Å². The van der Waals surface area contributed by atoms with Crippen LogP contribution in [-0.4, -0.2) is 13.7 Å². The monoisotopic (exact) mass is 235 g/mol. The van der Waals surface area contributed by atoms with E-state index in [0.717, 1.165) is 25.0 Å². The third kappa shape index (κ3) is 2.67. The Morgan fingerprint density at radius 2 is 2.24 bits per heavy atom. The molecule has 2 rings (SSSR count). The predicted octanol–water partition coefficient (Wildman–Crippen LogP) is 3.09. The molecule has 0 amide bonds. The Hall–Kier alpha value is -1.35. The first-order valence-electron chi connectivity index (χ1n) is 5.96. The Bertz CT molecular complexity index is 428. The van der Waals surface area contributed by atoms with Crippen LogP contribution in [0.2, 0.25) is 0 Å². The molecule has 3 heteroatoms. The van der Waals surface area contributed by atoms with Gasteiger partial charge in [0.2, 0.25) is 0 Å². The second-order valence-electron chi connectivity index (χ2n) is 4.40. The summed E-state index contributed by atoms with van der Waals surface area (Å²) in [6.07, 6.45) is 3.91. The molecule has 1 unspecified atom stereocenters. The van der Waals surface area contributed by atoms with Gasteiger partial charge in [0.25, 0.3) is 0 Å². The first-order chi connectivity index (χ1) is 8.22. The lowest BCUT2D eigenvalue weighted by molar-refractivity contribution is 0.220. The SMILES string of the molecule is CNC(C1=COCCC1)c1ccc(F)c(C)c1. The molecule has 0 aliphatic carbocycles. The predicted molar refractivity (Wildman–Crippen MR) is 66.2 cm³/mol. The summed E-state index contributed by atoms with van der Waals surface area (Å²) in [5, 5.41) is 3.26. The molecule has 2 nitrogen and oxygen atoms in total. The molecular formula is C14H18FNO. The van der Waals surface area contributed by atoms with Crippen molar-refractivity contribution in [2.75, 3.05) is 13.7 Å². The van der Waals surface area contributed by atoms with Crippen LogP contribution in [0.25, 0.3) is 0 Å². The normalized spacial score (nSPS) is 17.2. The molecule has 0 bridgehead atoms. The number of benzene rings is 1. The van der Waals surface area contributed by atoms with E-state index in [1.165, 1.54) is 11.6 Å². The minimum atomic E-state index is -0.155. The standard InChI is InChI=1S/C14H18FNO/c1-10-8-11(5-6-13(10)15)14(16-2)12-4-3-7-17-9-12/h5-6,8-9,14,16H,3-4,7H2,1-2H3. The van der Waals surface area contributed by atoms with E-state index in [1.54, 1.807) is 6.92 Å². The summed E-state index contributed by atoms with van der Waals surface area (Å²) in [6, 6.07) is 5.37. The highest BCUT2D eigenvalue weighted by atomic mass is 19.1. The molecule has 0 fully saturated rings. The number of halogens is 1. The Balaban J connectivity index is 2.28. The molecule has 92 valence electrons. The number of ether oxygens (including phenoxy) is 1. The number of aryl methyl sites for hydroxylation is 1. The lowest BCUT2D eigenvalue weighted by Gasteiger charge is -2.23. The molecule has 0 saturated heterocycles. The van der Waals surface area contributed by atoms with E-state index in [9.17, 15) is 4.39 Å². The van der Waals surface area contributed by atoms with Gasteiger partial charge in [-0.15, -0.1) is 0 Å². The van der Waals surface area contributed by atoms with Crippen LogP contribution < -0.4 is 5.32 Å². The van der Waals surface area contributed by atoms with Crippen LogP contribution in [-0.2, 0) is 4.74 Å². The van der Waals surface area contributed by atoms with Gasteiger partial charge in [-0.05, 0) is 49.6 Å². The van der Waals surface area contributed by atoms with Crippen molar-refractivity contribution in [3.05, 3.63) is 47.0 Å². The third-order valence-electron chi connectivity index (χ3n) is 3.14. The van der Waals surface area contributed by atoms with Crippen molar-refractivity contribution in [3.63, 3.8) is 0 Å². The van der Waals surface area contributed by atoms with Crippen molar-refractivity contribution in [3.8, 4) is 0 Å². The van der Waals surface area contributed by atoms with E-state index >= 15 is 0 Å². The fourth-order valence-corrected chi connectivity index (χ4v) is 2.21. The number of likely N-dealkylation sites (N-methyl/N-ethyl adjacent to an activating group) is 1. The highest BCUT2D eigenvalue weighted by Crippen LogP contribution is 2.28. The van der Waals surface area contributed by atoms with E-state index in [1.807, 2.05) is 25.4 Å². The quantitative estimate of drug-likeness (QED) is 0.869. The minimum absolute atomic E-state index is 0.120. The second kappa shape index (κ2) is 5.32. The Morgan fingerprint density at radius 1 is 1.41 bits per heavy atom. The van der Waals surface area contributed by atoms with E-state index in [0.29, 0.717) is 5.56 Å². The molecule has 1 N–H and O–H groups in total. The van der Waals surface area contributed by atoms with E-state index in [4.69, 9.17) is 4.74 Å². The van der Waals surface area contributed by atoms with Gasteiger partial charge in [0.1, 0.15) is 5.82 Å². The van der Waals surface area contributed by atoms with E-state index in [-0.39, 0.29) is 11.9 Å². The molecule has 1 atom stereocenters. The fourth-order valence-electron chi connectivity index (χ4n) is 2.21. The largest absolute Gasteiger partial charge is 0.501 e. The summed E-state index contributed by atoms with van der Waals surface area (Å²) in [5.41, 5.74) is 2.99. The van der Waals surface area contributed by atoms with Crippen molar-refractivity contribution in [2.45, 2.75) is 25.8 Å². The summed E-state index contributed by atoms with van der Waals surface area (Å²) in [5.74, 6) is -0.155. The van der Waals surface area contributed by atoms with Crippen molar-refractivity contribution in [2.24, 2.45) is 0 Å². The van der Waals surface area contributed by atoms with Crippen molar-refractivity contribution in [1.29, 1.82) is 0 Å². The topological polar surface area (TPSA) is 21.3 Å². The number of hydrogen-bond donors (Lipinski definition) is 1. The van der Waals surface area contributed by atoms with E-state index in [2.05, 4.69) is 5.32 Å². The Labute approximate surface area is 101 Å². The lowest BCUT2D eigenvalue weighted by atomic mass is 9.94. The van der Waals surface area contributed by atoms with Crippen LogP contribution in [0.3, 0.4) is 0 Å². The van der Waals surface area contributed by atoms with Crippen LogP contribution in [0.15, 0.2) is 30.0 Å². The summed E-state index contributed by atoms with van der Waals surface area (Å²) >= 11 is 0. The first kappa shape index (κ1) is 12.1. The van der Waals surface area contributed by atoms with Crippen LogP contribution in [0.4, 0.5) is 4.39 Å². The highest BCUT2D eigenvalue weighted by Gasteiger charge is 2.17. The molecule has 1 aliphatic heterocycles. The average Bonchev–Trinajstić information content (AvgIpc) is 2.36. The molecule has 0 spiro atoms. The summed E-state index contributed by atoms with van der Waals surface area (Å²) in [6.45, 7) is 2.58. The molecule has 1 aromatic rings. The highest BCUT2D eigenvalue weighted by molar-refractivity contribution is 5.32. The molecule has 0 radical (unpaired) electrons. The third-order valence-corrected chi connectivity index (χ3v) is 3.14. The number of rotatable bonds is 3. The molecule has 1 aliphatic rings. The van der Waals surface area contributed by atoms with Gasteiger partial charge in [-0.3, -0.25) is 0 Å². The second-order valence-corrected chi connectivity index (χ2v) is 4.40. The Morgan fingerprint density at radius 3 is 2.82 bits per heavy atom. The first-order valence-corrected chi connectivity index (χ1v) is 5.96.